The van der Waals surface area contributed by atoms with Gasteiger partial charge in [-0.2, -0.15) is 0 Å². The standard InChI is InChI=1S/C13H10ClFN2O3/c1-5-8-10(18)7(13(19)20)4-17(6-2-3-6)12(8)16-11(14)9(5)15/h4,6H,2-3H2,1H3,(H,19,20). The van der Waals surface area contributed by atoms with E-state index >= 15 is 0 Å². The Balaban J connectivity index is 2.52. The summed E-state index contributed by atoms with van der Waals surface area (Å²) >= 11 is 5.73. The molecule has 0 atom stereocenters. The maximum atomic E-state index is 13.8. The van der Waals surface area contributed by atoms with Crippen molar-refractivity contribution in [2.45, 2.75) is 25.8 Å². The number of aromatic nitrogens is 2. The van der Waals surface area contributed by atoms with E-state index in [-0.39, 0.29) is 33.4 Å². The predicted molar refractivity (Wildman–Crippen MR) is 70.9 cm³/mol. The van der Waals surface area contributed by atoms with Crippen LogP contribution in [0.4, 0.5) is 4.39 Å². The number of rotatable bonds is 2. The molecule has 7 heteroatoms. The molecule has 104 valence electrons. The zero-order chi connectivity index (χ0) is 14.6. The number of hydrogen-bond donors (Lipinski definition) is 1. The van der Waals surface area contributed by atoms with Crippen LogP contribution >= 0.6 is 11.6 Å². The Morgan fingerprint density at radius 2 is 2.20 bits per heavy atom. The highest BCUT2D eigenvalue weighted by atomic mass is 35.5. The van der Waals surface area contributed by atoms with Crippen LogP contribution in [0.25, 0.3) is 11.0 Å². The third-order valence-electron chi connectivity index (χ3n) is 3.47. The second-order valence-electron chi connectivity index (χ2n) is 4.86. The lowest BCUT2D eigenvalue weighted by Crippen LogP contribution is -2.20. The second-order valence-corrected chi connectivity index (χ2v) is 5.21. The number of aryl methyl sites for hydroxylation is 1. The summed E-state index contributed by atoms with van der Waals surface area (Å²) in [5.41, 5.74) is -0.838. The van der Waals surface area contributed by atoms with Gasteiger partial charge in [-0.1, -0.05) is 11.6 Å². The molecule has 0 aromatic carbocycles. The fourth-order valence-corrected chi connectivity index (χ4v) is 2.49. The zero-order valence-electron chi connectivity index (χ0n) is 10.5. The molecule has 0 spiro atoms. The molecule has 0 saturated heterocycles. The van der Waals surface area contributed by atoms with Crippen LogP contribution < -0.4 is 5.43 Å². The van der Waals surface area contributed by atoms with Crippen molar-refractivity contribution in [3.05, 3.63) is 38.5 Å². The molecule has 0 radical (unpaired) electrons. The van der Waals surface area contributed by atoms with Gasteiger partial charge in [0.05, 0.1) is 5.39 Å². The minimum Gasteiger partial charge on any atom is -0.477 e. The summed E-state index contributed by atoms with van der Waals surface area (Å²) in [7, 11) is 0. The number of nitrogens with zero attached hydrogens (tertiary/aromatic N) is 2. The second kappa shape index (κ2) is 4.28. The maximum Gasteiger partial charge on any atom is 0.341 e. The maximum absolute atomic E-state index is 13.8. The number of halogens is 2. The lowest BCUT2D eigenvalue weighted by atomic mass is 10.1. The van der Waals surface area contributed by atoms with Crippen molar-refractivity contribution in [1.29, 1.82) is 0 Å². The molecule has 0 amide bonds. The Morgan fingerprint density at radius 1 is 1.55 bits per heavy atom. The van der Waals surface area contributed by atoms with Gasteiger partial charge in [-0.25, -0.2) is 14.2 Å². The Bertz CT molecular complexity index is 812. The average molecular weight is 297 g/mol. The van der Waals surface area contributed by atoms with Gasteiger partial charge in [0.2, 0.25) is 5.43 Å². The van der Waals surface area contributed by atoms with Crippen molar-refractivity contribution < 1.29 is 14.3 Å². The van der Waals surface area contributed by atoms with Gasteiger partial charge in [-0.05, 0) is 19.8 Å². The minimum absolute atomic E-state index is 0.0151. The first kappa shape index (κ1) is 13.1. The fraction of sp³-hybridized carbons (Fsp3) is 0.308. The topological polar surface area (TPSA) is 72.2 Å². The molecule has 0 aliphatic heterocycles. The lowest BCUT2D eigenvalue weighted by molar-refractivity contribution is 0.0695. The number of carbonyl (C=O) groups is 1. The molecule has 3 rings (SSSR count). The van der Waals surface area contributed by atoms with Crippen molar-refractivity contribution >= 4 is 28.6 Å². The number of carboxylic acid groups (broad SMARTS) is 1. The fourth-order valence-electron chi connectivity index (χ4n) is 2.27. The molecule has 1 aliphatic carbocycles. The van der Waals surface area contributed by atoms with Crippen LogP contribution in [0.15, 0.2) is 11.0 Å². The molecule has 1 N–H and O–H groups in total. The van der Waals surface area contributed by atoms with Gasteiger partial charge in [0.15, 0.2) is 11.0 Å². The van der Waals surface area contributed by atoms with Gasteiger partial charge in [-0.15, -0.1) is 0 Å². The van der Waals surface area contributed by atoms with Gasteiger partial charge in [-0.3, -0.25) is 4.79 Å². The first-order valence-electron chi connectivity index (χ1n) is 6.05. The highest BCUT2D eigenvalue weighted by molar-refractivity contribution is 6.30. The van der Waals surface area contributed by atoms with E-state index in [1.54, 1.807) is 4.57 Å². The summed E-state index contributed by atoms with van der Waals surface area (Å²) in [5.74, 6) is -2.12. The van der Waals surface area contributed by atoms with Crippen molar-refractivity contribution in [1.82, 2.24) is 9.55 Å². The van der Waals surface area contributed by atoms with E-state index in [9.17, 15) is 14.0 Å². The monoisotopic (exact) mass is 296 g/mol. The number of carboxylic acids is 1. The van der Waals surface area contributed by atoms with Gasteiger partial charge in [0.25, 0.3) is 0 Å². The summed E-state index contributed by atoms with van der Waals surface area (Å²) in [4.78, 5) is 27.3. The van der Waals surface area contributed by atoms with Crippen LogP contribution in [0.2, 0.25) is 5.15 Å². The first-order valence-corrected chi connectivity index (χ1v) is 6.43. The minimum atomic E-state index is -1.33. The van der Waals surface area contributed by atoms with E-state index in [0.717, 1.165) is 12.8 Å². The summed E-state index contributed by atoms with van der Waals surface area (Å²) in [6.07, 6.45) is 3.00. The number of pyridine rings is 2. The van der Waals surface area contributed by atoms with E-state index < -0.39 is 17.2 Å². The van der Waals surface area contributed by atoms with Crippen LogP contribution in [0.5, 0.6) is 0 Å². The zero-order valence-corrected chi connectivity index (χ0v) is 11.2. The molecule has 1 aliphatic rings. The van der Waals surface area contributed by atoms with Crippen molar-refractivity contribution in [3.63, 3.8) is 0 Å². The van der Waals surface area contributed by atoms with Crippen LogP contribution in [0, 0.1) is 12.7 Å². The molecule has 2 aromatic rings. The Hall–Kier alpha value is -1.95. The molecular formula is C13H10ClFN2O3. The van der Waals surface area contributed by atoms with E-state index in [0.29, 0.717) is 0 Å². The van der Waals surface area contributed by atoms with Gasteiger partial charge in [0.1, 0.15) is 11.2 Å². The van der Waals surface area contributed by atoms with Crippen LogP contribution in [0.1, 0.15) is 34.8 Å². The highest BCUT2D eigenvalue weighted by Crippen LogP contribution is 2.37. The Kier molecular flexibility index (Phi) is 2.79. The molecule has 5 nitrogen and oxygen atoms in total. The molecule has 0 bridgehead atoms. The molecule has 20 heavy (non-hydrogen) atoms. The quantitative estimate of drug-likeness (QED) is 0.864. The van der Waals surface area contributed by atoms with E-state index in [1.165, 1.54) is 13.1 Å². The molecule has 2 aromatic heterocycles. The van der Waals surface area contributed by atoms with Crippen LogP contribution in [-0.4, -0.2) is 20.6 Å². The first-order chi connectivity index (χ1) is 9.41. The Labute approximate surface area is 117 Å². The molecule has 0 unspecified atom stereocenters. The molecule has 2 heterocycles. The van der Waals surface area contributed by atoms with Crippen molar-refractivity contribution in [2.75, 3.05) is 0 Å². The van der Waals surface area contributed by atoms with Crippen molar-refractivity contribution in [3.8, 4) is 0 Å². The van der Waals surface area contributed by atoms with Crippen LogP contribution in [-0.2, 0) is 0 Å². The number of hydrogen-bond acceptors (Lipinski definition) is 3. The van der Waals surface area contributed by atoms with E-state index in [2.05, 4.69) is 4.98 Å². The number of fused-ring (bicyclic) bond motifs is 1. The van der Waals surface area contributed by atoms with E-state index in [4.69, 9.17) is 16.7 Å². The smallest absolute Gasteiger partial charge is 0.341 e. The van der Waals surface area contributed by atoms with Gasteiger partial charge >= 0.3 is 5.97 Å². The van der Waals surface area contributed by atoms with Crippen molar-refractivity contribution in [2.24, 2.45) is 0 Å². The van der Waals surface area contributed by atoms with E-state index in [1.807, 2.05) is 0 Å². The summed E-state index contributed by atoms with van der Waals surface area (Å²) in [5, 5.41) is 8.78. The predicted octanol–water partition coefficient (Wildman–Crippen LogP) is 2.53. The normalized spacial score (nSPS) is 14.8. The molecular weight excluding hydrogens is 287 g/mol. The Morgan fingerprint density at radius 3 is 2.75 bits per heavy atom. The third-order valence-corrected chi connectivity index (χ3v) is 3.72. The average Bonchev–Trinajstić information content (AvgIpc) is 3.20. The SMILES string of the molecule is Cc1c(F)c(Cl)nc2c1c(=O)c(C(=O)O)cn2C1CC1. The summed E-state index contributed by atoms with van der Waals surface area (Å²) in [6.45, 7) is 1.40. The van der Waals surface area contributed by atoms with Gasteiger partial charge in [0, 0.05) is 17.8 Å². The van der Waals surface area contributed by atoms with Gasteiger partial charge < -0.3 is 9.67 Å². The highest BCUT2D eigenvalue weighted by Gasteiger charge is 2.29. The third kappa shape index (κ3) is 1.79. The lowest BCUT2D eigenvalue weighted by Gasteiger charge is -2.12. The molecule has 1 fully saturated rings. The van der Waals surface area contributed by atoms with Crippen LogP contribution in [0.3, 0.4) is 0 Å². The summed E-state index contributed by atoms with van der Waals surface area (Å²) in [6, 6.07) is 0.0876. The largest absolute Gasteiger partial charge is 0.477 e. The summed E-state index contributed by atoms with van der Waals surface area (Å²) < 4.78 is 15.4. The number of aromatic carboxylic acids is 1. The molecule has 1 saturated carbocycles.